The molecule has 2 amide bonds. The molecular formula is C7H7ClN2O2S. The molecule has 0 aliphatic heterocycles. The Morgan fingerprint density at radius 2 is 2.38 bits per heavy atom. The molecule has 2 N–H and O–H groups in total. The lowest BCUT2D eigenvalue weighted by atomic mass is 10.6. The van der Waals surface area contributed by atoms with Crippen molar-refractivity contribution < 1.29 is 9.59 Å². The highest BCUT2D eigenvalue weighted by molar-refractivity contribution is 7.20. The van der Waals surface area contributed by atoms with Crippen LogP contribution in [0.2, 0.25) is 4.34 Å². The quantitative estimate of drug-likeness (QED) is 0.759. The van der Waals surface area contributed by atoms with Crippen LogP contribution in [0.5, 0.6) is 0 Å². The van der Waals surface area contributed by atoms with Crippen molar-refractivity contribution in [3.8, 4) is 0 Å². The summed E-state index contributed by atoms with van der Waals surface area (Å²) in [6.45, 7) is 0.00490. The number of aldehydes is 1. The second-order valence-electron chi connectivity index (χ2n) is 2.11. The van der Waals surface area contributed by atoms with Gasteiger partial charge in [-0.2, -0.15) is 0 Å². The minimum absolute atomic E-state index is 0.00490. The number of hydrogen-bond donors (Lipinski definition) is 2. The highest BCUT2D eigenvalue weighted by Gasteiger charge is 2.02. The number of hydrogen-bond acceptors (Lipinski definition) is 3. The maximum Gasteiger partial charge on any atom is 0.320 e. The number of halogens is 1. The maximum absolute atomic E-state index is 11.0. The third kappa shape index (κ3) is 3.43. The van der Waals surface area contributed by atoms with Gasteiger partial charge < -0.3 is 10.1 Å². The Morgan fingerprint density at radius 3 is 2.92 bits per heavy atom. The molecule has 1 rings (SSSR count). The van der Waals surface area contributed by atoms with Crippen LogP contribution in [0.15, 0.2) is 12.1 Å². The minimum Gasteiger partial charge on any atom is -0.331 e. The maximum atomic E-state index is 11.0. The number of nitrogens with one attached hydrogen (secondary N) is 2. The molecule has 0 saturated heterocycles. The van der Waals surface area contributed by atoms with Crippen molar-refractivity contribution >= 4 is 40.3 Å². The van der Waals surface area contributed by atoms with Crippen molar-refractivity contribution in [2.45, 2.75) is 0 Å². The molecule has 0 atom stereocenters. The molecule has 0 fully saturated rings. The monoisotopic (exact) mass is 218 g/mol. The van der Waals surface area contributed by atoms with E-state index in [0.29, 0.717) is 15.6 Å². The van der Waals surface area contributed by atoms with Gasteiger partial charge in [-0.3, -0.25) is 5.32 Å². The van der Waals surface area contributed by atoms with Gasteiger partial charge in [0.15, 0.2) is 0 Å². The molecule has 0 spiro atoms. The second kappa shape index (κ2) is 4.84. The Labute approximate surface area is 83.9 Å². The molecule has 1 aromatic heterocycles. The number of anilines is 1. The zero-order chi connectivity index (χ0) is 9.68. The molecule has 6 heteroatoms. The predicted molar refractivity (Wildman–Crippen MR) is 52.4 cm³/mol. The fourth-order valence-electron chi connectivity index (χ4n) is 0.672. The molecule has 0 aliphatic carbocycles. The van der Waals surface area contributed by atoms with E-state index in [1.165, 1.54) is 11.3 Å². The van der Waals surface area contributed by atoms with Crippen LogP contribution >= 0.6 is 22.9 Å². The number of urea groups is 1. The first-order valence-corrected chi connectivity index (χ1v) is 4.65. The molecule has 0 aliphatic rings. The van der Waals surface area contributed by atoms with Crippen molar-refractivity contribution in [1.82, 2.24) is 5.32 Å². The molecule has 0 unspecified atom stereocenters. The topological polar surface area (TPSA) is 58.2 Å². The lowest BCUT2D eigenvalue weighted by Crippen LogP contribution is -2.29. The van der Waals surface area contributed by atoms with E-state index < -0.39 is 6.03 Å². The SMILES string of the molecule is O=CCNC(=O)Nc1ccc(Cl)s1. The molecule has 70 valence electrons. The van der Waals surface area contributed by atoms with Crippen molar-refractivity contribution in [1.29, 1.82) is 0 Å². The molecule has 13 heavy (non-hydrogen) atoms. The molecule has 0 saturated carbocycles. The number of amides is 2. The third-order valence-electron chi connectivity index (χ3n) is 1.16. The van der Waals surface area contributed by atoms with Gasteiger partial charge in [-0.05, 0) is 12.1 Å². The zero-order valence-electron chi connectivity index (χ0n) is 6.54. The van der Waals surface area contributed by atoms with Gasteiger partial charge in [0.1, 0.15) is 6.29 Å². The van der Waals surface area contributed by atoms with Crippen LogP contribution in [0, 0.1) is 0 Å². The number of carbonyl (C=O) groups excluding carboxylic acids is 2. The minimum atomic E-state index is -0.411. The number of thiophene rings is 1. The van der Waals surface area contributed by atoms with Crippen molar-refractivity contribution in [2.24, 2.45) is 0 Å². The first kappa shape index (κ1) is 10.0. The highest BCUT2D eigenvalue weighted by atomic mass is 35.5. The van der Waals surface area contributed by atoms with Gasteiger partial charge in [0.2, 0.25) is 0 Å². The molecule has 1 heterocycles. The van der Waals surface area contributed by atoms with Crippen molar-refractivity contribution in [3.05, 3.63) is 16.5 Å². The second-order valence-corrected chi connectivity index (χ2v) is 3.82. The van der Waals surface area contributed by atoms with E-state index in [4.69, 9.17) is 11.6 Å². The van der Waals surface area contributed by atoms with Gasteiger partial charge in [0.05, 0.1) is 15.9 Å². The summed E-state index contributed by atoms with van der Waals surface area (Å²) in [6.07, 6.45) is 0.612. The third-order valence-corrected chi connectivity index (χ3v) is 2.30. The smallest absolute Gasteiger partial charge is 0.320 e. The van der Waals surface area contributed by atoms with E-state index >= 15 is 0 Å². The summed E-state index contributed by atoms with van der Waals surface area (Å²) < 4.78 is 0.602. The van der Waals surface area contributed by atoms with Gasteiger partial charge in [-0.25, -0.2) is 4.79 Å². The Kier molecular flexibility index (Phi) is 3.72. The normalized spacial score (nSPS) is 9.31. The molecule has 1 aromatic rings. The summed E-state index contributed by atoms with van der Waals surface area (Å²) in [5.41, 5.74) is 0. The van der Waals surface area contributed by atoms with Crippen LogP contribution in [-0.2, 0) is 4.79 Å². The lowest BCUT2D eigenvalue weighted by molar-refractivity contribution is -0.107. The summed E-state index contributed by atoms with van der Waals surface area (Å²) in [5.74, 6) is 0. The summed E-state index contributed by atoms with van der Waals surface area (Å²) in [4.78, 5) is 20.9. The van der Waals surface area contributed by atoms with E-state index in [0.717, 1.165) is 0 Å². The lowest BCUT2D eigenvalue weighted by Gasteiger charge is -2.00. The fourth-order valence-corrected chi connectivity index (χ4v) is 1.61. The first-order valence-electron chi connectivity index (χ1n) is 3.46. The van der Waals surface area contributed by atoms with Crippen LogP contribution in [0.25, 0.3) is 0 Å². The standard InChI is InChI=1S/C7H7ClN2O2S/c8-5-1-2-6(13-5)10-7(12)9-3-4-11/h1-2,4H,3H2,(H2,9,10,12). The van der Waals surface area contributed by atoms with Crippen LogP contribution in [0.1, 0.15) is 0 Å². The summed E-state index contributed by atoms with van der Waals surface area (Å²) in [7, 11) is 0. The fraction of sp³-hybridized carbons (Fsp3) is 0.143. The van der Waals surface area contributed by atoms with E-state index in [2.05, 4.69) is 10.6 Å². The Bertz CT molecular complexity index is 313. The van der Waals surface area contributed by atoms with Crippen LogP contribution in [-0.4, -0.2) is 18.9 Å². The van der Waals surface area contributed by atoms with E-state index in [1.54, 1.807) is 12.1 Å². The van der Waals surface area contributed by atoms with E-state index in [9.17, 15) is 9.59 Å². The molecule has 0 radical (unpaired) electrons. The largest absolute Gasteiger partial charge is 0.331 e. The van der Waals surface area contributed by atoms with Gasteiger partial charge in [-0.1, -0.05) is 11.6 Å². The Hall–Kier alpha value is -1.07. The molecule has 0 bridgehead atoms. The van der Waals surface area contributed by atoms with Crippen LogP contribution in [0.4, 0.5) is 9.80 Å². The van der Waals surface area contributed by atoms with E-state index in [-0.39, 0.29) is 6.54 Å². The summed E-state index contributed by atoms with van der Waals surface area (Å²) in [6, 6.07) is 2.96. The summed E-state index contributed by atoms with van der Waals surface area (Å²) in [5, 5.41) is 5.50. The van der Waals surface area contributed by atoms with Crippen molar-refractivity contribution in [3.63, 3.8) is 0 Å². The average Bonchev–Trinajstić information content (AvgIpc) is 2.48. The number of rotatable bonds is 3. The highest BCUT2D eigenvalue weighted by Crippen LogP contribution is 2.25. The van der Waals surface area contributed by atoms with Gasteiger partial charge >= 0.3 is 6.03 Å². The van der Waals surface area contributed by atoms with Crippen LogP contribution < -0.4 is 10.6 Å². The van der Waals surface area contributed by atoms with Gasteiger partial charge in [-0.15, -0.1) is 11.3 Å². The molecule has 0 aromatic carbocycles. The van der Waals surface area contributed by atoms with Crippen molar-refractivity contribution in [2.75, 3.05) is 11.9 Å². The Balaban J connectivity index is 2.40. The van der Waals surface area contributed by atoms with Gasteiger partial charge in [0.25, 0.3) is 0 Å². The predicted octanol–water partition coefficient (Wildman–Crippen LogP) is 1.72. The average molecular weight is 219 g/mol. The molecular weight excluding hydrogens is 212 g/mol. The first-order chi connectivity index (χ1) is 6.22. The molecule has 4 nitrogen and oxygen atoms in total. The van der Waals surface area contributed by atoms with Gasteiger partial charge in [0, 0.05) is 0 Å². The Morgan fingerprint density at radius 1 is 1.62 bits per heavy atom. The van der Waals surface area contributed by atoms with E-state index in [1.807, 2.05) is 0 Å². The van der Waals surface area contributed by atoms with Crippen LogP contribution in [0.3, 0.4) is 0 Å². The summed E-state index contributed by atoms with van der Waals surface area (Å²) >= 11 is 6.89. The zero-order valence-corrected chi connectivity index (χ0v) is 8.11. The number of carbonyl (C=O) groups is 2.